The first-order chi connectivity index (χ1) is 14.2. The number of likely N-dealkylation sites (N-methyl/N-ethyl adjacent to an activating group) is 1. The normalized spacial score (nSPS) is 29.1. The number of nitrogens with zero attached hydrogens (tertiary/aromatic N) is 4. The van der Waals surface area contributed by atoms with Crippen LogP contribution < -0.4 is 5.73 Å². The second-order valence-corrected chi connectivity index (χ2v) is 8.98. The molecule has 0 bridgehead atoms. The number of carbonyl (C=O) groups is 2. The molecular weight excluding hydrogens is 382 g/mol. The van der Waals surface area contributed by atoms with Gasteiger partial charge >= 0.3 is 0 Å². The number of rotatable bonds is 2. The van der Waals surface area contributed by atoms with E-state index in [1.54, 1.807) is 30.1 Å². The van der Waals surface area contributed by atoms with E-state index in [4.69, 9.17) is 5.73 Å². The number of aliphatic hydroxyl groups is 1. The molecule has 30 heavy (non-hydrogen) atoms. The minimum Gasteiger partial charge on any atom is -0.369 e. The lowest BCUT2D eigenvalue weighted by atomic mass is 9.87. The lowest BCUT2D eigenvalue weighted by Crippen LogP contribution is -2.37. The molecule has 1 aliphatic heterocycles. The van der Waals surface area contributed by atoms with Crippen LogP contribution in [0.2, 0.25) is 0 Å². The third-order valence-electron chi connectivity index (χ3n) is 6.77. The summed E-state index contributed by atoms with van der Waals surface area (Å²) in [5.41, 5.74) is 6.99. The SMILES string of the molecule is CN1CCC(O)(C#Cc2ccnc(-n3nc(C(N)=O)c4c3CC3(C)CC3C4)c2)C1=O. The number of fused-ring (bicyclic) bond motifs is 2. The Labute approximate surface area is 174 Å². The molecule has 1 saturated heterocycles. The number of pyridine rings is 1. The van der Waals surface area contributed by atoms with Crippen molar-refractivity contribution in [1.29, 1.82) is 0 Å². The van der Waals surface area contributed by atoms with Gasteiger partial charge in [-0.15, -0.1) is 0 Å². The molecule has 0 radical (unpaired) electrons. The monoisotopic (exact) mass is 405 g/mol. The van der Waals surface area contributed by atoms with Gasteiger partial charge in [0.1, 0.15) is 0 Å². The van der Waals surface area contributed by atoms with E-state index in [2.05, 4.69) is 28.8 Å². The summed E-state index contributed by atoms with van der Waals surface area (Å²) in [6.07, 6.45) is 4.66. The van der Waals surface area contributed by atoms with Gasteiger partial charge in [-0.2, -0.15) is 5.10 Å². The fraction of sp³-hybridized carbons (Fsp3) is 0.455. The minimum atomic E-state index is -1.65. The van der Waals surface area contributed by atoms with Gasteiger partial charge in [0.25, 0.3) is 11.8 Å². The third kappa shape index (κ3) is 2.81. The van der Waals surface area contributed by atoms with E-state index >= 15 is 0 Å². The van der Waals surface area contributed by atoms with Crippen molar-refractivity contribution < 1.29 is 14.7 Å². The maximum Gasteiger partial charge on any atom is 0.269 e. The van der Waals surface area contributed by atoms with E-state index in [1.807, 2.05) is 0 Å². The van der Waals surface area contributed by atoms with Crippen LogP contribution in [0, 0.1) is 23.2 Å². The van der Waals surface area contributed by atoms with E-state index in [0.29, 0.717) is 29.5 Å². The average molecular weight is 405 g/mol. The topological polar surface area (TPSA) is 114 Å². The van der Waals surface area contributed by atoms with Gasteiger partial charge in [-0.25, -0.2) is 9.67 Å². The highest BCUT2D eigenvalue weighted by Crippen LogP contribution is 2.59. The van der Waals surface area contributed by atoms with Crippen LogP contribution in [-0.2, 0) is 17.6 Å². The van der Waals surface area contributed by atoms with Crippen LogP contribution in [0.3, 0.4) is 0 Å². The number of hydrogen-bond acceptors (Lipinski definition) is 5. The Morgan fingerprint density at radius 2 is 2.23 bits per heavy atom. The van der Waals surface area contributed by atoms with Gasteiger partial charge in [-0.3, -0.25) is 9.59 Å². The fourth-order valence-corrected chi connectivity index (χ4v) is 4.69. The average Bonchev–Trinajstić information content (AvgIpc) is 3.14. The molecule has 3 N–H and O–H groups in total. The minimum absolute atomic E-state index is 0.245. The van der Waals surface area contributed by atoms with E-state index in [-0.39, 0.29) is 17.7 Å². The van der Waals surface area contributed by atoms with Gasteiger partial charge in [0.2, 0.25) is 5.60 Å². The third-order valence-corrected chi connectivity index (χ3v) is 6.77. The van der Waals surface area contributed by atoms with Crippen LogP contribution in [-0.4, -0.2) is 55.8 Å². The summed E-state index contributed by atoms with van der Waals surface area (Å²) in [7, 11) is 1.65. The molecule has 2 aliphatic carbocycles. The lowest BCUT2D eigenvalue weighted by molar-refractivity contribution is -0.137. The summed E-state index contributed by atoms with van der Waals surface area (Å²) in [5, 5.41) is 15.0. The van der Waals surface area contributed by atoms with Gasteiger partial charge in [0, 0.05) is 37.3 Å². The van der Waals surface area contributed by atoms with Crippen molar-refractivity contribution in [1.82, 2.24) is 19.7 Å². The van der Waals surface area contributed by atoms with Crippen molar-refractivity contribution in [3.8, 4) is 17.7 Å². The number of amides is 2. The maximum absolute atomic E-state index is 12.1. The van der Waals surface area contributed by atoms with Crippen LogP contribution in [0.4, 0.5) is 0 Å². The van der Waals surface area contributed by atoms with Crippen molar-refractivity contribution in [3.63, 3.8) is 0 Å². The van der Waals surface area contributed by atoms with E-state index in [1.165, 1.54) is 4.90 Å². The number of aromatic nitrogens is 3. The molecule has 3 atom stereocenters. The van der Waals surface area contributed by atoms with Gasteiger partial charge in [-0.05, 0) is 42.7 Å². The summed E-state index contributed by atoms with van der Waals surface area (Å²) in [5.74, 6) is 5.82. The lowest BCUT2D eigenvalue weighted by Gasteiger charge is -2.19. The predicted molar refractivity (Wildman–Crippen MR) is 108 cm³/mol. The Bertz CT molecular complexity index is 1160. The van der Waals surface area contributed by atoms with Crippen molar-refractivity contribution in [3.05, 3.63) is 40.8 Å². The molecule has 3 aliphatic rings. The Kier molecular flexibility index (Phi) is 3.86. The molecule has 2 aromatic heterocycles. The standard InChI is InChI=1S/C22H23N5O3/c1-21-11-14(21)10-15-16(12-21)27(25-18(15)19(23)28)17-9-13(4-7-24-17)3-5-22(30)6-8-26(2)20(22)29/h4,7,9,14,30H,6,8,10-12H2,1-2H3,(H2,23,28). The fourth-order valence-electron chi connectivity index (χ4n) is 4.69. The van der Waals surface area contributed by atoms with Crippen molar-refractivity contribution in [2.24, 2.45) is 17.1 Å². The first-order valence-corrected chi connectivity index (χ1v) is 10.1. The maximum atomic E-state index is 12.1. The molecule has 3 unspecified atom stereocenters. The summed E-state index contributed by atoms with van der Waals surface area (Å²) in [6.45, 7) is 2.73. The van der Waals surface area contributed by atoms with Gasteiger partial charge in [-0.1, -0.05) is 18.8 Å². The van der Waals surface area contributed by atoms with Crippen molar-refractivity contribution >= 4 is 11.8 Å². The molecular formula is C22H23N5O3. The number of nitrogens with two attached hydrogens (primary N) is 1. The van der Waals surface area contributed by atoms with Crippen LogP contribution >= 0.6 is 0 Å². The number of hydrogen-bond donors (Lipinski definition) is 2. The Morgan fingerprint density at radius 1 is 1.43 bits per heavy atom. The van der Waals surface area contributed by atoms with Crippen molar-refractivity contribution in [2.45, 2.75) is 38.2 Å². The Hall–Kier alpha value is -3.18. The largest absolute Gasteiger partial charge is 0.369 e. The molecule has 0 aromatic carbocycles. The summed E-state index contributed by atoms with van der Waals surface area (Å²) in [4.78, 5) is 30.0. The highest BCUT2D eigenvalue weighted by atomic mass is 16.3. The molecule has 1 saturated carbocycles. The highest BCUT2D eigenvalue weighted by molar-refractivity contribution is 5.93. The van der Waals surface area contributed by atoms with Crippen LogP contribution in [0.25, 0.3) is 5.82 Å². The van der Waals surface area contributed by atoms with Gasteiger partial charge in [0.15, 0.2) is 11.5 Å². The molecule has 154 valence electrons. The van der Waals surface area contributed by atoms with Crippen LogP contribution in [0.5, 0.6) is 0 Å². The predicted octanol–water partition coefficient (Wildman–Crippen LogP) is 0.436. The number of carbonyl (C=O) groups excluding carboxylic acids is 2. The molecule has 2 fully saturated rings. The molecule has 2 amide bonds. The Morgan fingerprint density at radius 3 is 2.93 bits per heavy atom. The molecule has 3 heterocycles. The zero-order valence-electron chi connectivity index (χ0n) is 17.0. The zero-order chi connectivity index (χ0) is 21.3. The second kappa shape index (κ2) is 6.16. The smallest absolute Gasteiger partial charge is 0.269 e. The second-order valence-electron chi connectivity index (χ2n) is 8.98. The van der Waals surface area contributed by atoms with E-state index in [0.717, 1.165) is 30.5 Å². The summed E-state index contributed by atoms with van der Waals surface area (Å²) < 4.78 is 1.70. The van der Waals surface area contributed by atoms with Gasteiger partial charge in [0.05, 0.1) is 5.69 Å². The molecule has 8 heteroatoms. The first-order valence-electron chi connectivity index (χ1n) is 10.1. The Balaban J connectivity index is 1.53. The van der Waals surface area contributed by atoms with Crippen LogP contribution in [0.15, 0.2) is 18.3 Å². The van der Waals surface area contributed by atoms with Crippen molar-refractivity contribution in [2.75, 3.05) is 13.6 Å². The van der Waals surface area contributed by atoms with E-state index < -0.39 is 11.5 Å². The van der Waals surface area contributed by atoms with Crippen LogP contribution in [0.1, 0.15) is 47.1 Å². The summed E-state index contributed by atoms with van der Waals surface area (Å²) in [6, 6.07) is 3.46. The number of likely N-dealkylation sites (tertiary alicyclic amines) is 1. The molecule has 5 rings (SSSR count). The molecule has 0 spiro atoms. The quantitative estimate of drug-likeness (QED) is 0.704. The van der Waals surface area contributed by atoms with Gasteiger partial charge < -0.3 is 15.7 Å². The molecule has 2 aromatic rings. The summed E-state index contributed by atoms with van der Waals surface area (Å²) >= 11 is 0. The first kappa shape index (κ1) is 18.8. The number of primary amides is 1. The molecule has 8 nitrogen and oxygen atoms in total. The highest BCUT2D eigenvalue weighted by Gasteiger charge is 2.54. The van der Waals surface area contributed by atoms with E-state index in [9.17, 15) is 14.7 Å². The zero-order valence-corrected chi connectivity index (χ0v) is 17.0.